The van der Waals surface area contributed by atoms with E-state index in [1.54, 1.807) is 25.1 Å². The summed E-state index contributed by atoms with van der Waals surface area (Å²) in [5.41, 5.74) is 1.22. The first-order chi connectivity index (χ1) is 12.8. The number of rotatable bonds is 5. The molecule has 0 N–H and O–H groups in total. The first-order valence-corrected chi connectivity index (χ1v) is 8.59. The second-order valence-corrected chi connectivity index (χ2v) is 6.69. The van der Waals surface area contributed by atoms with Gasteiger partial charge in [0.05, 0.1) is 10.8 Å². The van der Waals surface area contributed by atoms with Crippen LogP contribution in [0.1, 0.15) is 21.5 Å². The number of fused-ring (bicyclic) bond motifs is 1. The molecule has 0 unspecified atom stereocenters. The summed E-state index contributed by atoms with van der Waals surface area (Å²) in [5.74, 6) is -0.940. The molecule has 0 radical (unpaired) electrons. The van der Waals surface area contributed by atoms with Crippen LogP contribution in [-0.4, -0.2) is 29.9 Å². The zero-order valence-corrected chi connectivity index (χ0v) is 15.2. The van der Waals surface area contributed by atoms with E-state index < -0.39 is 29.2 Å². The number of nitrogens with zero attached hydrogens (tertiary/aromatic N) is 1. The quantitative estimate of drug-likeness (QED) is 0.336. The van der Waals surface area contributed by atoms with Gasteiger partial charge in [-0.05, 0) is 37.1 Å². The minimum absolute atomic E-state index is 0.122. The van der Waals surface area contributed by atoms with Crippen molar-refractivity contribution in [3.8, 4) is 5.75 Å². The van der Waals surface area contributed by atoms with E-state index in [0.717, 1.165) is 5.56 Å². The third kappa shape index (κ3) is 4.25. The number of aryl methyl sites for hydroxylation is 1. The highest BCUT2D eigenvalue weighted by Gasteiger charge is 2.28. The van der Waals surface area contributed by atoms with Gasteiger partial charge < -0.3 is 9.47 Å². The molecule has 0 spiro atoms. The maximum atomic E-state index is 12.3. The largest absolute Gasteiger partial charge is 0.492 e. The highest BCUT2D eigenvalue weighted by atomic mass is 35.5. The van der Waals surface area contributed by atoms with E-state index in [2.05, 4.69) is 0 Å². The number of hydrogen-bond acceptors (Lipinski definition) is 6. The van der Waals surface area contributed by atoms with Crippen molar-refractivity contribution in [1.29, 1.82) is 0 Å². The predicted molar refractivity (Wildman–Crippen MR) is 97.3 cm³/mol. The lowest BCUT2D eigenvalue weighted by Gasteiger charge is -2.24. The van der Waals surface area contributed by atoms with Gasteiger partial charge in [0.15, 0.2) is 6.61 Å². The molecule has 0 saturated heterocycles. The number of halogens is 1. The van der Waals surface area contributed by atoms with Crippen molar-refractivity contribution in [2.75, 3.05) is 13.2 Å². The molecular weight excluding hydrogens is 374 g/mol. The normalized spacial score (nSPS) is 15.4. The molecule has 0 saturated carbocycles. The average molecular weight is 390 g/mol. The Morgan fingerprint density at radius 2 is 2.07 bits per heavy atom. The third-order valence-corrected chi connectivity index (χ3v) is 4.57. The van der Waals surface area contributed by atoms with Gasteiger partial charge in [0, 0.05) is 22.2 Å². The van der Waals surface area contributed by atoms with Crippen LogP contribution < -0.4 is 4.74 Å². The summed E-state index contributed by atoms with van der Waals surface area (Å²) < 4.78 is 10.6. The Morgan fingerprint density at radius 1 is 1.30 bits per heavy atom. The van der Waals surface area contributed by atoms with Crippen molar-refractivity contribution in [3.63, 3.8) is 0 Å². The molecule has 2 aromatic rings. The summed E-state index contributed by atoms with van der Waals surface area (Å²) >= 11 is 5.96. The molecule has 0 aromatic heterocycles. The first-order valence-electron chi connectivity index (χ1n) is 8.21. The number of ketones is 1. The van der Waals surface area contributed by atoms with E-state index in [-0.39, 0.29) is 17.9 Å². The lowest BCUT2D eigenvalue weighted by Crippen LogP contribution is -2.31. The van der Waals surface area contributed by atoms with Gasteiger partial charge in [0.2, 0.25) is 5.78 Å². The molecule has 1 aliphatic heterocycles. The number of hydrogen-bond donors (Lipinski definition) is 0. The molecule has 0 fully saturated rings. The van der Waals surface area contributed by atoms with Crippen LogP contribution in [0.25, 0.3) is 0 Å². The molecule has 7 nitrogen and oxygen atoms in total. The summed E-state index contributed by atoms with van der Waals surface area (Å²) in [5, 5.41) is 11.5. The van der Waals surface area contributed by atoms with E-state index in [1.807, 2.05) is 0 Å². The van der Waals surface area contributed by atoms with Crippen molar-refractivity contribution in [1.82, 2.24) is 0 Å². The highest BCUT2D eigenvalue weighted by molar-refractivity contribution is 6.30. The predicted octanol–water partition coefficient (Wildman–Crippen LogP) is 3.53. The van der Waals surface area contributed by atoms with Crippen LogP contribution >= 0.6 is 11.6 Å². The minimum Gasteiger partial charge on any atom is -0.492 e. The Kier molecular flexibility index (Phi) is 5.41. The molecule has 1 aliphatic rings. The van der Waals surface area contributed by atoms with Gasteiger partial charge in [-0.15, -0.1) is 0 Å². The number of esters is 1. The van der Waals surface area contributed by atoms with Gasteiger partial charge in [-0.2, -0.15) is 0 Å². The van der Waals surface area contributed by atoms with E-state index in [0.29, 0.717) is 22.8 Å². The van der Waals surface area contributed by atoms with E-state index >= 15 is 0 Å². The molecule has 27 heavy (non-hydrogen) atoms. The highest BCUT2D eigenvalue weighted by Crippen LogP contribution is 2.30. The molecule has 2 aromatic carbocycles. The number of Topliss-reactive ketones (excluding diaryl/α,β-unsaturated/α-hetero) is 1. The molecule has 0 amide bonds. The van der Waals surface area contributed by atoms with E-state index in [1.165, 1.54) is 18.2 Å². The molecular formula is C19H16ClNO6. The maximum Gasteiger partial charge on any atom is 0.313 e. The van der Waals surface area contributed by atoms with Gasteiger partial charge in [-0.1, -0.05) is 23.7 Å². The summed E-state index contributed by atoms with van der Waals surface area (Å²) in [6.45, 7) is 1.25. The molecule has 3 rings (SSSR count). The number of benzene rings is 2. The van der Waals surface area contributed by atoms with E-state index in [9.17, 15) is 19.7 Å². The van der Waals surface area contributed by atoms with Crippen molar-refractivity contribution in [2.24, 2.45) is 5.92 Å². The second kappa shape index (κ2) is 7.75. The topological polar surface area (TPSA) is 95.7 Å². The standard InChI is InChI=1S/C19H16ClNO6/c1-11-2-3-12(8-16(11)21(24)25)17(22)10-27-19(23)14-6-13-7-15(20)4-5-18(13)26-9-14/h2-5,7-8,14H,6,9-10H2,1H3/t14-/m1/s1. The fourth-order valence-electron chi connectivity index (χ4n) is 2.83. The Bertz CT molecular complexity index is 926. The van der Waals surface area contributed by atoms with Crippen LogP contribution in [0.2, 0.25) is 5.02 Å². The SMILES string of the molecule is Cc1ccc(C(=O)COC(=O)[C@H]2COc3ccc(Cl)cc3C2)cc1[N+](=O)[O-]. The number of nitro groups is 1. The van der Waals surface area contributed by atoms with Gasteiger partial charge >= 0.3 is 5.97 Å². The second-order valence-electron chi connectivity index (χ2n) is 6.25. The molecule has 140 valence electrons. The monoisotopic (exact) mass is 389 g/mol. The molecule has 0 aliphatic carbocycles. The first kappa shape index (κ1) is 18.8. The van der Waals surface area contributed by atoms with Crippen LogP contribution in [0, 0.1) is 23.0 Å². The van der Waals surface area contributed by atoms with Crippen LogP contribution in [0.5, 0.6) is 5.75 Å². The van der Waals surface area contributed by atoms with Gasteiger partial charge in [-0.25, -0.2) is 0 Å². The fourth-order valence-corrected chi connectivity index (χ4v) is 3.03. The van der Waals surface area contributed by atoms with Crippen LogP contribution in [-0.2, 0) is 16.0 Å². The van der Waals surface area contributed by atoms with E-state index in [4.69, 9.17) is 21.1 Å². The van der Waals surface area contributed by atoms with Crippen molar-refractivity contribution >= 4 is 29.0 Å². The molecule has 0 bridgehead atoms. The fraction of sp³-hybridized carbons (Fsp3) is 0.263. The van der Waals surface area contributed by atoms with Crippen LogP contribution in [0.15, 0.2) is 36.4 Å². The Balaban J connectivity index is 1.62. The third-order valence-electron chi connectivity index (χ3n) is 4.34. The zero-order valence-electron chi connectivity index (χ0n) is 14.4. The summed E-state index contributed by atoms with van der Waals surface area (Å²) in [6, 6.07) is 9.33. The van der Waals surface area contributed by atoms with Crippen molar-refractivity contribution in [3.05, 3.63) is 68.2 Å². The Morgan fingerprint density at radius 3 is 2.81 bits per heavy atom. The lowest BCUT2D eigenvalue weighted by atomic mass is 9.97. The van der Waals surface area contributed by atoms with Gasteiger partial charge in [-0.3, -0.25) is 19.7 Å². The van der Waals surface area contributed by atoms with Crippen molar-refractivity contribution in [2.45, 2.75) is 13.3 Å². The summed E-state index contributed by atoms with van der Waals surface area (Å²) in [6.07, 6.45) is 0.402. The summed E-state index contributed by atoms with van der Waals surface area (Å²) in [7, 11) is 0. The smallest absolute Gasteiger partial charge is 0.313 e. The van der Waals surface area contributed by atoms with Crippen LogP contribution in [0.4, 0.5) is 5.69 Å². The zero-order chi connectivity index (χ0) is 19.6. The van der Waals surface area contributed by atoms with Crippen LogP contribution in [0.3, 0.4) is 0 Å². The maximum absolute atomic E-state index is 12.3. The number of ether oxygens (including phenoxy) is 2. The van der Waals surface area contributed by atoms with Gasteiger partial charge in [0.25, 0.3) is 5.69 Å². The number of nitro benzene ring substituents is 1. The lowest BCUT2D eigenvalue weighted by molar-refractivity contribution is -0.385. The molecule has 8 heteroatoms. The van der Waals surface area contributed by atoms with Crippen molar-refractivity contribution < 1.29 is 24.0 Å². The van der Waals surface area contributed by atoms with Gasteiger partial charge in [0.1, 0.15) is 12.4 Å². The minimum atomic E-state index is -0.560. The number of carbonyl (C=O) groups is 2. The average Bonchev–Trinajstić information content (AvgIpc) is 2.65. The summed E-state index contributed by atoms with van der Waals surface area (Å²) in [4.78, 5) is 34.9. The molecule has 1 heterocycles. The Hall–Kier alpha value is -2.93. The molecule has 1 atom stereocenters. The number of carbonyl (C=O) groups excluding carboxylic acids is 2. The Labute approximate surface area is 160 Å².